The Morgan fingerprint density at radius 1 is 1.19 bits per heavy atom. The van der Waals surface area contributed by atoms with E-state index in [1.807, 2.05) is 30.3 Å². The molecule has 2 aromatic rings. The summed E-state index contributed by atoms with van der Waals surface area (Å²) < 4.78 is 5.80. The van der Waals surface area contributed by atoms with E-state index >= 15 is 0 Å². The van der Waals surface area contributed by atoms with E-state index < -0.39 is 0 Å². The molecule has 21 heavy (non-hydrogen) atoms. The molecule has 1 aromatic carbocycles. The van der Waals surface area contributed by atoms with Crippen LogP contribution in [0.15, 0.2) is 54.9 Å². The van der Waals surface area contributed by atoms with Gasteiger partial charge in [-0.15, -0.1) is 0 Å². The zero-order chi connectivity index (χ0) is 14.8. The van der Waals surface area contributed by atoms with Crippen LogP contribution in [-0.2, 0) is 6.54 Å². The topological polar surface area (TPSA) is 34.2 Å². The summed E-state index contributed by atoms with van der Waals surface area (Å²) in [5, 5.41) is 3.38. The molecule has 2 rings (SSSR count). The van der Waals surface area contributed by atoms with Crippen molar-refractivity contribution >= 4 is 6.08 Å². The Balaban J connectivity index is 1.86. The van der Waals surface area contributed by atoms with Gasteiger partial charge >= 0.3 is 0 Å². The van der Waals surface area contributed by atoms with Gasteiger partial charge in [0.1, 0.15) is 12.4 Å². The van der Waals surface area contributed by atoms with Crippen LogP contribution in [0.4, 0.5) is 0 Å². The highest BCUT2D eigenvalue weighted by molar-refractivity contribution is 5.48. The molecule has 0 bridgehead atoms. The predicted molar refractivity (Wildman–Crippen MR) is 87.2 cm³/mol. The van der Waals surface area contributed by atoms with Gasteiger partial charge in [0, 0.05) is 18.3 Å². The molecule has 0 aliphatic heterocycles. The minimum absolute atomic E-state index is 0.543. The lowest BCUT2D eigenvalue weighted by molar-refractivity contribution is 0.356. The highest BCUT2D eigenvalue weighted by Crippen LogP contribution is 2.16. The molecule has 110 valence electrons. The van der Waals surface area contributed by atoms with E-state index in [0.717, 1.165) is 30.8 Å². The summed E-state index contributed by atoms with van der Waals surface area (Å²) in [6.07, 6.45) is 8.78. The van der Waals surface area contributed by atoms with Gasteiger partial charge in [-0.05, 0) is 30.7 Å². The SMILES string of the molecule is CCCNCc1ccncc1OC/C=C/c1ccccc1. The van der Waals surface area contributed by atoms with Crippen LogP contribution in [0.1, 0.15) is 24.5 Å². The second-order valence-corrected chi connectivity index (χ2v) is 4.78. The number of hydrogen-bond donors (Lipinski definition) is 1. The summed E-state index contributed by atoms with van der Waals surface area (Å²) in [7, 11) is 0. The van der Waals surface area contributed by atoms with Gasteiger partial charge in [0.25, 0.3) is 0 Å². The van der Waals surface area contributed by atoms with Gasteiger partial charge in [-0.1, -0.05) is 43.3 Å². The fourth-order valence-electron chi connectivity index (χ4n) is 1.97. The van der Waals surface area contributed by atoms with E-state index in [2.05, 4.69) is 35.4 Å². The lowest BCUT2D eigenvalue weighted by Crippen LogP contribution is -2.14. The number of pyridine rings is 1. The van der Waals surface area contributed by atoms with Crippen molar-refractivity contribution in [3.8, 4) is 5.75 Å². The van der Waals surface area contributed by atoms with E-state index in [-0.39, 0.29) is 0 Å². The molecule has 1 aromatic heterocycles. The average molecular weight is 282 g/mol. The average Bonchev–Trinajstić information content (AvgIpc) is 2.54. The number of nitrogens with one attached hydrogen (secondary N) is 1. The van der Waals surface area contributed by atoms with Crippen molar-refractivity contribution in [3.63, 3.8) is 0 Å². The number of ether oxygens (including phenoxy) is 1. The maximum atomic E-state index is 5.80. The quantitative estimate of drug-likeness (QED) is 0.750. The van der Waals surface area contributed by atoms with Crippen LogP contribution in [-0.4, -0.2) is 18.1 Å². The van der Waals surface area contributed by atoms with Crippen molar-refractivity contribution < 1.29 is 4.74 Å². The summed E-state index contributed by atoms with van der Waals surface area (Å²) in [6.45, 7) is 4.52. The molecule has 1 N–H and O–H groups in total. The molecule has 0 radical (unpaired) electrons. The molecule has 3 nitrogen and oxygen atoms in total. The van der Waals surface area contributed by atoms with Crippen molar-refractivity contribution in [2.75, 3.05) is 13.2 Å². The van der Waals surface area contributed by atoms with Crippen molar-refractivity contribution in [2.24, 2.45) is 0 Å². The molecule has 0 saturated carbocycles. The van der Waals surface area contributed by atoms with E-state index in [1.165, 1.54) is 5.56 Å². The Morgan fingerprint density at radius 2 is 2.05 bits per heavy atom. The Bertz CT molecular complexity index is 552. The molecule has 0 saturated heterocycles. The monoisotopic (exact) mass is 282 g/mol. The second kappa shape index (κ2) is 8.93. The smallest absolute Gasteiger partial charge is 0.142 e. The standard InChI is InChI=1S/C18H22N2O/c1-2-11-19-14-17-10-12-20-15-18(17)21-13-6-9-16-7-4-3-5-8-16/h3-10,12,15,19H,2,11,13-14H2,1H3/b9-6+. The molecule has 0 amide bonds. The highest BCUT2D eigenvalue weighted by Gasteiger charge is 2.02. The van der Waals surface area contributed by atoms with E-state index in [4.69, 9.17) is 4.74 Å². The van der Waals surface area contributed by atoms with Crippen molar-refractivity contribution in [1.82, 2.24) is 10.3 Å². The van der Waals surface area contributed by atoms with Gasteiger partial charge in [0.2, 0.25) is 0 Å². The third kappa shape index (κ3) is 5.40. The first-order valence-electron chi connectivity index (χ1n) is 7.38. The van der Waals surface area contributed by atoms with Crippen LogP contribution in [0.5, 0.6) is 5.75 Å². The minimum atomic E-state index is 0.543. The van der Waals surface area contributed by atoms with Crippen LogP contribution in [0.3, 0.4) is 0 Å². The van der Waals surface area contributed by atoms with Crippen LogP contribution in [0, 0.1) is 0 Å². The molecule has 0 aliphatic carbocycles. The maximum Gasteiger partial charge on any atom is 0.142 e. The molecule has 0 spiro atoms. The van der Waals surface area contributed by atoms with Gasteiger partial charge < -0.3 is 10.1 Å². The third-order valence-corrected chi connectivity index (χ3v) is 3.06. The fourth-order valence-corrected chi connectivity index (χ4v) is 1.97. The van der Waals surface area contributed by atoms with Crippen LogP contribution < -0.4 is 10.1 Å². The number of hydrogen-bond acceptors (Lipinski definition) is 3. The Labute approximate surface area is 126 Å². The zero-order valence-electron chi connectivity index (χ0n) is 12.5. The lowest BCUT2D eigenvalue weighted by Gasteiger charge is -2.10. The number of benzene rings is 1. The first-order chi connectivity index (χ1) is 10.4. The summed E-state index contributed by atoms with van der Waals surface area (Å²) in [6, 6.07) is 12.2. The number of nitrogens with zero attached hydrogens (tertiary/aromatic N) is 1. The molecule has 0 fully saturated rings. The van der Waals surface area contributed by atoms with Crippen LogP contribution in [0.25, 0.3) is 6.08 Å². The molecular weight excluding hydrogens is 260 g/mol. The molecule has 0 atom stereocenters. The second-order valence-electron chi connectivity index (χ2n) is 4.78. The zero-order valence-corrected chi connectivity index (χ0v) is 12.5. The minimum Gasteiger partial charge on any atom is -0.488 e. The Hall–Kier alpha value is -2.13. The summed E-state index contributed by atoms with van der Waals surface area (Å²) in [5.74, 6) is 0.846. The van der Waals surface area contributed by atoms with Crippen molar-refractivity contribution in [2.45, 2.75) is 19.9 Å². The highest BCUT2D eigenvalue weighted by atomic mass is 16.5. The normalized spacial score (nSPS) is 10.9. The van der Waals surface area contributed by atoms with Crippen LogP contribution in [0.2, 0.25) is 0 Å². The third-order valence-electron chi connectivity index (χ3n) is 3.06. The van der Waals surface area contributed by atoms with Gasteiger partial charge in [0.15, 0.2) is 0 Å². The summed E-state index contributed by atoms with van der Waals surface area (Å²) in [4.78, 5) is 4.13. The molecular formula is C18H22N2O. The van der Waals surface area contributed by atoms with Crippen molar-refractivity contribution in [3.05, 3.63) is 66.0 Å². The van der Waals surface area contributed by atoms with Crippen molar-refractivity contribution in [1.29, 1.82) is 0 Å². The largest absolute Gasteiger partial charge is 0.488 e. The van der Waals surface area contributed by atoms with Gasteiger partial charge in [-0.3, -0.25) is 4.98 Å². The van der Waals surface area contributed by atoms with E-state index in [0.29, 0.717) is 6.61 Å². The molecule has 1 heterocycles. The number of aromatic nitrogens is 1. The van der Waals surface area contributed by atoms with E-state index in [9.17, 15) is 0 Å². The van der Waals surface area contributed by atoms with Gasteiger partial charge in [-0.2, -0.15) is 0 Å². The lowest BCUT2D eigenvalue weighted by atomic mass is 10.2. The van der Waals surface area contributed by atoms with Crippen LogP contribution >= 0.6 is 0 Å². The molecule has 3 heteroatoms. The Morgan fingerprint density at radius 3 is 2.86 bits per heavy atom. The summed E-state index contributed by atoms with van der Waals surface area (Å²) >= 11 is 0. The first kappa shape index (κ1) is 15.3. The number of rotatable bonds is 8. The van der Waals surface area contributed by atoms with Gasteiger partial charge in [0.05, 0.1) is 6.20 Å². The van der Waals surface area contributed by atoms with E-state index in [1.54, 1.807) is 12.4 Å². The summed E-state index contributed by atoms with van der Waals surface area (Å²) in [5.41, 5.74) is 2.32. The first-order valence-corrected chi connectivity index (χ1v) is 7.38. The predicted octanol–water partition coefficient (Wildman–Crippen LogP) is 3.67. The maximum absolute atomic E-state index is 5.80. The van der Waals surface area contributed by atoms with Gasteiger partial charge in [-0.25, -0.2) is 0 Å². The molecule has 0 unspecified atom stereocenters. The fraction of sp³-hybridized carbons (Fsp3) is 0.278. The molecule has 0 aliphatic rings. The Kier molecular flexibility index (Phi) is 6.49.